The van der Waals surface area contributed by atoms with Crippen molar-refractivity contribution in [1.82, 2.24) is 5.32 Å². The molecule has 0 fully saturated rings. The molecule has 1 N–H and O–H groups in total. The lowest BCUT2D eigenvalue weighted by atomic mass is 9.89. The SMILES string of the molecule is CCS(=O)(=O)N1C[C@H](C(=O)N[C@H]2CC(C)(C)Oc3ccccc32)Oc2ccccc21. The third kappa shape index (κ3) is 3.84. The van der Waals surface area contributed by atoms with Gasteiger partial charge in [-0.15, -0.1) is 0 Å². The number of carbonyl (C=O) groups is 1. The summed E-state index contributed by atoms with van der Waals surface area (Å²) >= 11 is 0. The predicted molar refractivity (Wildman–Crippen MR) is 114 cm³/mol. The summed E-state index contributed by atoms with van der Waals surface area (Å²) < 4.78 is 38.5. The van der Waals surface area contributed by atoms with Gasteiger partial charge in [0.2, 0.25) is 10.0 Å². The largest absolute Gasteiger partial charge is 0.487 e. The Labute approximate surface area is 177 Å². The van der Waals surface area contributed by atoms with Gasteiger partial charge in [0, 0.05) is 12.0 Å². The number of anilines is 1. The molecule has 2 aromatic rings. The normalized spacial score (nSPS) is 22.2. The van der Waals surface area contributed by atoms with Crippen molar-refractivity contribution in [1.29, 1.82) is 0 Å². The molecule has 2 heterocycles. The number of rotatable bonds is 4. The second-order valence-corrected chi connectivity index (χ2v) is 10.4. The van der Waals surface area contributed by atoms with Gasteiger partial charge in [0.25, 0.3) is 5.91 Å². The van der Waals surface area contributed by atoms with Gasteiger partial charge < -0.3 is 14.8 Å². The summed E-state index contributed by atoms with van der Waals surface area (Å²) in [5, 5.41) is 3.06. The first-order valence-electron chi connectivity index (χ1n) is 10.0. The quantitative estimate of drug-likeness (QED) is 0.806. The summed E-state index contributed by atoms with van der Waals surface area (Å²) in [6.07, 6.45) is -0.352. The Kier molecular flexibility index (Phi) is 5.13. The standard InChI is InChI=1S/C22H26N2O5S/c1-4-30(26,27)24-14-20(28-19-12-8-6-10-17(19)24)21(25)23-16-13-22(2,3)29-18-11-7-5-9-15(16)18/h5-12,16,20H,4,13-14H2,1-3H3,(H,23,25)/t16-,20+/m0/s1. The van der Waals surface area contributed by atoms with E-state index in [0.29, 0.717) is 17.9 Å². The summed E-state index contributed by atoms with van der Waals surface area (Å²) in [5.41, 5.74) is 0.921. The maximum Gasteiger partial charge on any atom is 0.263 e. The fraction of sp³-hybridized carbons (Fsp3) is 0.409. The number of fused-ring (bicyclic) bond motifs is 2. The number of nitrogens with zero attached hydrogens (tertiary/aromatic N) is 1. The van der Waals surface area contributed by atoms with Crippen LogP contribution in [0.4, 0.5) is 5.69 Å². The molecule has 0 bridgehead atoms. The van der Waals surface area contributed by atoms with Gasteiger partial charge in [-0.1, -0.05) is 30.3 Å². The van der Waals surface area contributed by atoms with Crippen LogP contribution in [0.15, 0.2) is 48.5 Å². The molecule has 0 saturated heterocycles. The molecular formula is C22H26N2O5S. The minimum absolute atomic E-state index is 0.0583. The molecule has 0 unspecified atom stereocenters. The summed E-state index contributed by atoms with van der Waals surface area (Å²) in [5.74, 6) is 0.716. The van der Waals surface area contributed by atoms with Gasteiger partial charge in [-0.3, -0.25) is 9.10 Å². The molecule has 0 aromatic heterocycles. The summed E-state index contributed by atoms with van der Waals surface area (Å²) in [6.45, 7) is 5.48. The first kappa shape index (κ1) is 20.5. The van der Waals surface area contributed by atoms with E-state index < -0.39 is 21.7 Å². The molecule has 0 spiro atoms. The monoisotopic (exact) mass is 430 g/mol. The molecule has 7 nitrogen and oxygen atoms in total. The van der Waals surface area contributed by atoms with Crippen molar-refractivity contribution in [3.63, 3.8) is 0 Å². The van der Waals surface area contributed by atoms with Gasteiger partial charge in [-0.2, -0.15) is 0 Å². The minimum atomic E-state index is -3.55. The number of para-hydroxylation sites is 3. The van der Waals surface area contributed by atoms with E-state index in [1.165, 1.54) is 4.31 Å². The van der Waals surface area contributed by atoms with Crippen molar-refractivity contribution >= 4 is 21.6 Å². The van der Waals surface area contributed by atoms with Crippen LogP contribution in [0.3, 0.4) is 0 Å². The van der Waals surface area contributed by atoms with Crippen LogP contribution in [0.5, 0.6) is 11.5 Å². The molecule has 160 valence electrons. The average molecular weight is 431 g/mol. The number of carbonyl (C=O) groups excluding carboxylic acids is 1. The first-order valence-corrected chi connectivity index (χ1v) is 11.7. The Morgan fingerprint density at radius 1 is 1.13 bits per heavy atom. The Bertz CT molecular complexity index is 1070. The fourth-order valence-corrected chi connectivity index (χ4v) is 5.08. The molecule has 0 saturated carbocycles. The predicted octanol–water partition coefficient (Wildman–Crippen LogP) is 3.02. The lowest BCUT2D eigenvalue weighted by Crippen LogP contribution is -2.52. The van der Waals surface area contributed by atoms with Crippen molar-refractivity contribution in [2.45, 2.75) is 44.9 Å². The highest BCUT2D eigenvalue weighted by molar-refractivity contribution is 7.92. The van der Waals surface area contributed by atoms with Crippen LogP contribution in [-0.2, 0) is 14.8 Å². The molecule has 1 amide bonds. The van der Waals surface area contributed by atoms with Crippen LogP contribution in [-0.4, -0.2) is 38.3 Å². The van der Waals surface area contributed by atoms with Crippen LogP contribution in [0.25, 0.3) is 0 Å². The second-order valence-electron chi connectivity index (χ2n) is 8.17. The van der Waals surface area contributed by atoms with E-state index in [0.717, 1.165) is 11.3 Å². The summed E-state index contributed by atoms with van der Waals surface area (Å²) in [4.78, 5) is 13.2. The molecule has 0 aliphatic carbocycles. The Balaban J connectivity index is 1.60. The number of hydrogen-bond acceptors (Lipinski definition) is 5. The van der Waals surface area contributed by atoms with E-state index in [9.17, 15) is 13.2 Å². The molecule has 2 aliphatic rings. The van der Waals surface area contributed by atoms with Gasteiger partial charge in [-0.05, 0) is 39.0 Å². The number of amides is 1. The van der Waals surface area contributed by atoms with Crippen molar-refractivity contribution in [3.8, 4) is 11.5 Å². The Morgan fingerprint density at radius 3 is 2.53 bits per heavy atom. The molecule has 8 heteroatoms. The highest BCUT2D eigenvalue weighted by atomic mass is 32.2. The van der Waals surface area contributed by atoms with Crippen molar-refractivity contribution < 1.29 is 22.7 Å². The van der Waals surface area contributed by atoms with Crippen molar-refractivity contribution in [2.75, 3.05) is 16.6 Å². The zero-order valence-corrected chi connectivity index (χ0v) is 18.1. The van der Waals surface area contributed by atoms with Gasteiger partial charge in [0.15, 0.2) is 6.10 Å². The zero-order chi connectivity index (χ0) is 21.5. The third-order valence-corrected chi connectivity index (χ3v) is 7.17. The molecule has 2 aliphatic heterocycles. The van der Waals surface area contributed by atoms with Crippen molar-refractivity contribution in [2.24, 2.45) is 0 Å². The lowest BCUT2D eigenvalue weighted by molar-refractivity contribution is -0.129. The van der Waals surface area contributed by atoms with Crippen LogP contribution >= 0.6 is 0 Å². The summed E-state index contributed by atoms with van der Waals surface area (Å²) in [6, 6.07) is 14.2. The Hall–Kier alpha value is -2.74. The van der Waals surface area contributed by atoms with Gasteiger partial charge in [-0.25, -0.2) is 8.42 Å². The number of benzene rings is 2. The zero-order valence-electron chi connectivity index (χ0n) is 17.3. The first-order chi connectivity index (χ1) is 14.2. The van der Waals surface area contributed by atoms with Crippen LogP contribution in [0, 0.1) is 0 Å². The van der Waals surface area contributed by atoms with E-state index in [1.54, 1.807) is 31.2 Å². The molecule has 0 radical (unpaired) electrons. The molecular weight excluding hydrogens is 404 g/mol. The molecule has 2 atom stereocenters. The van der Waals surface area contributed by atoms with E-state index >= 15 is 0 Å². The van der Waals surface area contributed by atoms with Crippen LogP contribution < -0.4 is 19.1 Å². The highest BCUT2D eigenvalue weighted by Crippen LogP contribution is 2.40. The van der Waals surface area contributed by atoms with Crippen LogP contribution in [0.1, 0.15) is 38.8 Å². The number of sulfonamides is 1. The molecule has 30 heavy (non-hydrogen) atoms. The fourth-order valence-electron chi connectivity index (χ4n) is 3.95. The average Bonchev–Trinajstić information content (AvgIpc) is 2.72. The second kappa shape index (κ2) is 7.50. The van der Waals surface area contributed by atoms with E-state index in [1.807, 2.05) is 38.1 Å². The van der Waals surface area contributed by atoms with Crippen LogP contribution in [0.2, 0.25) is 0 Å². The van der Waals surface area contributed by atoms with E-state index in [-0.39, 0.29) is 24.2 Å². The topological polar surface area (TPSA) is 84.9 Å². The lowest BCUT2D eigenvalue weighted by Gasteiger charge is -2.39. The van der Waals surface area contributed by atoms with Crippen molar-refractivity contribution in [3.05, 3.63) is 54.1 Å². The number of ether oxygens (including phenoxy) is 2. The van der Waals surface area contributed by atoms with E-state index in [4.69, 9.17) is 9.47 Å². The van der Waals surface area contributed by atoms with Gasteiger partial charge in [0.1, 0.15) is 17.1 Å². The highest BCUT2D eigenvalue weighted by Gasteiger charge is 2.39. The Morgan fingerprint density at radius 2 is 1.80 bits per heavy atom. The maximum atomic E-state index is 13.2. The smallest absolute Gasteiger partial charge is 0.263 e. The number of hydrogen-bond donors (Lipinski definition) is 1. The summed E-state index contributed by atoms with van der Waals surface area (Å²) in [7, 11) is -3.55. The number of nitrogens with one attached hydrogen (secondary N) is 1. The minimum Gasteiger partial charge on any atom is -0.487 e. The van der Waals surface area contributed by atoms with Gasteiger partial charge in [0.05, 0.1) is 24.0 Å². The molecule has 4 rings (SSSR count). The maximum absolute atomic E-state index is 13.2. The third-order valence-electron chi connectivity index (χ3n) is 5.42. The van der Waals surface area contributed by atoms with Gasteiger partial charge >= 0.3 is 0 Å². The van der Waals surface area contributed by atoms with E-state index in [2.05, 4.69) is 5.32 Å². The molecule has 2 aromatic carbocycles.